The number of amides is 2. The summed E-state index contributed by atoms with van der Waals surface area (Å²) < 4.78 is 14.2. The molecular formula is C19H27ClFN3O2. The molecule has 5 nitrogen and oxygen atoms in total. The first-order chi connectivity index (χ1) is 12.1. The van der Waals surface area contributed by atoms with E-state index in [0.29, 0.717) is 25.2 Å². The molecule has 2 amide bonds. The molecule has 3 rings (SSSR count). The van der Waals surface area contributed by atoms with Crippen molar-refractivity contribution in [3.63, 3.8) is 0 Å². The SMILES string of the molecule is Cc1cccc(C(=O)N2CCCC(CNC(=O)C3CCCN3)C2)c1F.Cl. The fourth-order valence-electron chi connectivity index (χ4n) is 3.68. The van der Waals surface area contributed by atoms with Crippen LogP contribution in [0.15, 0.2) is 18.2 Å². The molecule has 0 saturated carbocycles. The van der Waals surface area contributed by atoms with Gasteiger partial charge in [-0.2, -0.15) is 0 Å². The molecule has 2 unspecified atom stereocenters. The van der Waals surface area contributed by atoms with Gasteiger partial charge in [0.05, 0.1) is 11.6 Å². The topological polar surface area (TPSA) is 61.4 Å². The molecule has 0 bridgehead atoms. The number of aryl methyl sites for hydroxylation is 1. The molecule has 0 aliphatic carbocycles. The summed E-state index contributed by atoms with van der Waals surface area (Å²) >= 11 is 0. The molecule has 26 heavy (non-hydrogen) atoms. The summed E-state index contributed by atoms with van der Waals surface area (Å²) in [7, 11) is 0. The van der Waals surface area contributed by atoms with E-state index in [-0.39, 0.29) is 41.7 Å². The average Bonchev–Trinajstić information content (AvgIpc) is 3.16. The Bertz CT molecular complexity index is 650. The maximum absolute atomic E-state index is 14.2. The number of benzene rings is 1. The van der Waals surface area contributed by atoms with Crippen molar-refractivity contribution < 1.29 is 14.0 Å². The number of rotatable bonds is 4. The third kappa shape index (κ3) is 4.74. The summed E-state index contributed by atoms with van der Waals surface area (Å²) in [6.07, 6.45) is 3.76. The number of halogens is 2. The number of piperidine rings is 1. The molecular weight excluding hydrogens is 357 g/mol. The minimum absolute atomic E-state index is 0. The van der Waals surface area contributed by atoms with E-state index in [1.807, 2.05) is 0 Å². The lowest BCUT2D eigenvalue weighted by atomic mass is 9.97. The van der Waals surface area contributed by atoms with Crippen molar-refractivity contribution in [2.45, 2.75) is 38.6 Å². The number of hydrogen-bond donors (Lipinski definition) is 2. The van der Waals surface area contributed by atoms with Crippen molar-refractivity contribution in [2.24, 2.45) is 5.92 Å². The Hall–Kier alpha value is -1.66. The normalized spacial score (nSPS) is 22.6. The minimum Gasteiger partial charge on any atom is -0.354 e. The molecule has 7 heteroatoms. The van der Waals surface area contributed by atoms with Gasteiger partial charge in [-0.3, -0.25) is 9.59 Å². The molecule has 2 aliphatic heterocycles. The van der Waals surface area contributed by atoms with Crippen LogP contribution in [0.2, 0.25) is 0 Å². The number of likely N-dealkylation sites (tertiary alicyclic amines) is 1. The lowest BCUT2D eigenvalue weighted by Crippen LogP contribution is -2.46. The average molecular weight is 384 g/mol. The monoisotopic (exact) mass is 383 g/mol. The Morgan fingerprint density at radius 1 is 1.31 bits per heavy atom. The Morgan fingerprint density at radius 2 is 2.12 bits per heavy atom. The molecule has 2 aliphatic rings. The van der Waals surface area contributed by atoms with Crippen LogP contribution in [0, 0.1) is 18.7 Å². The van der Waals surface area contributed by atoms with E-state index < -0.39 is 5.82 Å². The molecule has 2 fully saturated rings. The third-order valence-corrected chi connectivity index (χ3v) is 5.17. The van der Waals surface area contributed by atoms with Crippen molar-refractivity contribution in [3.05, 3.63) is 35.1 Å². The van der Waals surface area contributed by atoms with Crippen LogP contribution >= 0.6 is 12.4 Å². The van der Waals surface area contributed by atoms with Crippen LogP contribution in [0.4, 0.5) is 4.39 Å². The lowest BCUT2D eigenvalue weighted by Gasteiger charge is -2.33. The van der Waals surface area contributed by atoms with Gasteiger partial charge in [-0.25, -0.2) is 4.39 Å². The van der Waals surface area contributed by atoms with Gasteiger partial charge < -0.3 is 15.5 Å². The first kappa shape index (κ1) is 20.6. The molecule has 1 aromatic rings. The lowest BCUT2D eigenvalue weighted by molar-refractivity contribution is -0.123. The molecule has 0 spiro atoms. The largest absolute Gasteiger partial charge is 0.354 e. The van der Waals surface area contributed by atoms with E-state index in [9.17, 15) is 14.0 Å². The number of nitrogens with zero attached hydrogens (tertiary/aromatic N) is 1. The maximum atomic E-state index is 14.2. The van der Waals surface area contributed by atoms with E-state index in [1.165, 1.54) is 0 Å². The van der Waals surface area contributed by atoms with Gasteiger partial charge in [0.2, 0.25) is 5.91 Å². The number of carbonyl (C=O) groups excluding carboxylic acids is 2. The Labute approximate surface area is 160 Å². The maximum Gasteiger partial charge on any atom is 0.256 e. The highest BCUT2D eigenvalue weighted by atomic mass is 35.5. The highest BCUT2D eigenvalue weighted by molar-refractivity contribution is 5.94. The minimum atomic E-state index is -0.435. The van der Waals surface area contributed by atoms with Crippen molar-refractivity contribution in [1.29, 1.82) is 0 Å². The van der Waals surface area contributed by atoms with Crippen molar-refractivity contribution in [1.82, 2.24) is 15.5 Å². The van der Waals surface area contributed by atoms with Gasteiger partial charge in [0.25, 0.3) is 5.91 Å². The highest BCUT2D eigenvalue weighted by Gasteiger charge is 2.28. The summed E-state index contributed by atoms with van der Waals surface area (Å²) in [6, 6.07) is 4.84. The summed E-state index contributed by atoms with van der Waals surface area (Å²) in [4.78, 5) is 26.5. The Kier molecular flexibility index (Phi) is 7.41. The summed E-state index contributed by atoms with van der Waals surface area (Å²) in [5.74, 6) is -0.425. The molecule has 0 aromatic heterocycles. The number of carbonyl (C=O) groups is 2. The van der Waals surface area contributed by atoms with Gasteiger partial charge in [0.1, 0.15) is 5.82 Å². The molecule has 2 saturated heterocycles. The number of hydrogen-bond acceptors (Lipinski definition) is 3. The predicted octanol–water partition coefficient (Wildman–Crippen LogP) is 2.28. The van der Waals surface area contributed by atoms with Crippen LogP contribution < -0.4 is 10.6 Å². The van der Waals surface area contributed by atoms with E-state index in [2.05, 4.69) is 10.6 Å². The van der Waals surface area contributed by atoms with Crippen LogP contribution in [0.3, 0.4) is 0 Å². The van der Waals surface area contributed by atoms with Crippen LogP contribution in [-0.4, -0.2) is 48.9 Å². The summed E-state index contributed by atoms with van der Waals surface area (Å²) in [5.41, 5.74) is 0.621. The molecule has 0 radical (unpaired) electrons. The zero-order valence-electron chi connectivity index (χ0n) is 15.1. The van der Waals surface area contributed by atoms with Gasteiger partial charge in [0.15, 0.2) is 0 Å². The predicted molar refractivity (Wildman–Crippen MR) is 101 cm³/mol. The second-order valence-corrected chi connectivity index (χ2v) is 7.09. The van der Waals surface area contributed by atoms with Crippen LogP contribution in [0.25, 0.3) is 0 Å². The first-order valence-electron chi connectivity index (χ1n) is 9.11. The molecule has 2 N–H and O–H groups in total. The zero-order valence-corrected chi connectivity index (χ0v) is 15.9. The van der Waals surface area contributed by atoms with E-state index in [0.717, 1.165) is 32.2 Å². The number of nitrogens with one attached hydrogen (secondary N) is 2. The Morgan fingerprint density at radius 3 is 2.85 bits per heavy atom. The molecule has 1 aromatic carbocycles. The first-order valence-corrected chi connectivity index (χ1v) is 9.11. The second kappa shape index (κ2) is 9.33. The van der Waals surface area contributed by atoms with Gasteiger partial charge in [0, 0.05) is 19.6 Å². The summed E-state index contributed by atoms with van der Waals surface area (Å²) in [5, 5.41) is 6.19. The van der Waals surface area contributed by atoms with Crippen LogP contribution in [0.1, 0.15) is 41.6 Å². The fraction of sp³-hybridized carbons (Fsp3) is 0.579. The quantitative estimate of drug-likeness (QED) is 0.838. The van der Waals surface area contributed by atoms with Gasteiger partial charge in [-0.05, 0) is 56.7 Å². The van der Waals surface area contributed by atoms with Crippen molar-refractivity contribution in [3.8, 4) is 0 Å². The second-order valence-electron chi connectivity index (χ2n) is 7.09. The third-order valence-electron chi connectivity index (χ3n) is 5.17. The van der Waals surface area contributed by atoms with Crippen molar-refractivity contribution >= 4 is 24.2 Å². The fourth-order valence-corrected chi connectivity index (χ4v) is 3.68. The van der Waals surface area contributed by atoms with Crippen molar-refractivity contribution in [2.75, 3.05) is 26.2 Å². The zero-order chi connectivity index (χ0) is 17.8. The van der Waals surface area contributed by atoms with E-state index in [4.69, 9.17) is 0 Å². The van der Waals surface area contributed by atoms with E-state index >= 15 is 0 Å². The van der Waals surface area contributed by atoms with Gasteiger partial charge in [-0.15, -0.1) is 12.4 Å². The summed E-state index contributed by atoms with van der Waals surface area (Å²) in [6.45, 7) is 4.33. The van der Waals surface area contributed by atoms with Crippen LogP contribution in [0.5, 0.6) is 0 Å². The Balaban J connectivity index is 0.00000243. The van der Waals surface area contributed by atoms with Gasteiger partial charge >= 0.3 is 0 Å². The molecule has 144 valence electrons. The molecule has 2 heterocycles. The molecule has 2 atom stereocenters. The highest BCUT2D eigenvalue weighted by Crippen LogP contribution is 2.20. The smallest absolute Gasteiger partial charge is 0.256 e. The van der Waals surface area contributed by atoms with E-state index in [1.54, 1.807) is 30.0 Å². The standard InChI is InChI=1S/C19H26FN3O2.ClH/c1-13-5-2-7-15(17(13)20)19(25)23-10-4-6-14(12-23)11-22-18(24)16-8-3-9-21-16;/h2,5,7,14,16,21H,3-4,6,8-12H2,1H3,(H,22,24);1H. The van der Waals surface area contributed by atoms with Crippen LogP contribution in [-0.2, 0) is 4.79 Å². The van der Waals surface area contributed by atoms with Gasteiger partial charge in [-0.1, -0.05) is 12.1 Å².